The molecule has 0 saturated carbocycles. The SMILES string of the molecule is C#CCC(O)Oc1c(C)c(-c2ccccn2)oc(=O)c1-c1c(C)cc(C)cc1C. The molecule has 148 valence electrons. The third kappa shape index (κ3) is 4.08. The Labute approximate surface area is 170 Å². The van der Waals surface area contributed by atoms with Crippen LogP contribution < -0.4 is 10.4 Å². The number of nitrogens with zero attached hydrogens (tertiary/aromatic N) is 1. The largest absolute Gasteiger partial charge is 0.463 e. The Bertz CT molecular complexity index is 1120. The van der Waals surface area contributed by atoms with Crippen LogP contribution in [0.2, 0.25) is 0 Å². The van der Waals surface area contributed by atoms with Gasteiger partial charge in [-0.1, -0.05) is 23.8 Å². The average Bonchev–Trinajstić information content (AvgIpc) is 2.66. The van der Waals surface area contributed by atoms with Crippen molar-refractivity contribution in [3.05, 3.63) is 69.2 Å². The number of pyridine rings is 1. The number of aromatic nitrogens is 1. The molecule has 5 heteroatoms. The van der Waals surface area contributed by atoms with Crippen LogP contribution in [0.15, 0.2) is 45.7 Å². The molecular weight excluding hydrogens is 366 g/mol. The van der Waals surface area contributed by atoms with Crippen LogP contribution in [0, 0.1) is 40.0 Å². The second-order valence-corrected chi connectivity index (χ2v) is 7.02. The highest BCUT2D eigenvalue weighted by atomic mass is 16.6. The molecule has 0 spiro atoms. The first-order valence-corrected chi connectivity index (χ1v) is 9.29. The average molecular weight is 389 g/mol. The van der Waals surface area contributed by atoms with Gasteiger partial charge in [0.2, 0.25) is 6.29 Å². The van der Waals surface area contributed by atoms with E-state index in [1.807, 2.05) is 32.9 Å². The van der Waals surface area contributed by atoms with Crippen molar-refractivity contribution in [3.8, 4) is 40.7 Å². The first kappa shape index (κ1) is 20.4. The summed E-state index contributed by atoms with van der Waals surface area (Å²) in [6.07, 6.45) is 5.66. The lowest BCUT2D eigenvalue weighted by atomic mass is 9.93. The van der Waals surface area contributed by atoms with Gasteiger partial charge in [0.25, 0.3) is 0 Å². The van der Waals surface area contributed by atoms with Gasteiger partial charge in [0, 0.05) is 11.8 Å². The maximum atomic E-state index is 13.1. The minimum atomic E-state index is -1.25. The number of hydrogen-bond acceptors (Lipinski definition) is 5. The van der Waals surface area contributed by atoms with E-state index >= 15 is 0 Å². The maximum absolute atomic E-state index is 13.1. The summed E-state index contributed by atoms with van der Waals surface area (Å²) in [5.74, 6) is 2.91. The molecule has 3 aromatic rings. The van der Waals surface area contributed by atoms with Gasteiger partial charge in [0.1, 0.15) is 17.0 Å². The van der Waals surface area contributed by atoms with E-state index < -0.39 is 11.9 Å². The molecule has 2 aromatic heterocycles. The molecule has 0 saturated heterocycles. The van der Waals surface area contributed by atoms with Crippen LogP contribution in [0.4, 0.5) is 0 Å². The number of aliphatic hydroxyl groups is 1. The van der Waals surface area contributed by atoms with Crippen LogP contribution in [0.3, 0.4) is 0 Å². The Morgan fingerprint density at radius 2 is 1.86 bits per heavy atom. The Balaban J connectivity index is 2.33. The second-order valence-electron chi connectivity index (χ2n) is 7.02. The van der Waals surface area contributed by atoms with Crippen molar-refractivity contribution >= 4 is 0 Å². The molecular formula is C24H23NO4. The van der Waals surface area contributed by atoms with Crippen LogP contribution in [-0.4, -0.2) is 16.4 Å². The van der Waals surface area contributed by atoms with Gasteiger partial charge in [-0.25, -0.2) is 4.79 Å². The van der Waals surface area contributed by atoms with Crippen molar-refractivity contribution < 1.29 is 14.3 Å². The van der Waals surface area contributed by atoms with E-state index in [0.29, 0.717) is 17.0 Å². The molecule has 1 N–H and O–H groups in total. The minimum absolute atomic E-state index is 0.0100. The fourth-order valence-electron chi connectivity index (χ4n) is 3.56. The molecule has 1 atom stereocenters. The van der Waals surface area contributed by atoms with Crippen molar-refractivity contribution in [1.82, 2.24) is 4.98 Å². The number of benzene rings is 1. The van der Waals surface area contributed by atoms with E-state index in [0.717, 1.165) is 22.3 Å². The molecule has 0 aliphatic heterocycles. The summed E-state index contributed by atoms with van der Waals surface area (Å²) in [7, 11) is 0. The smallest absolute Gasteiger partial charge is 0.348 e. The van der Waals surface area contributed by atoms with Crippen molar-refractivity contribution in [2.75, 3.05) is 0 Å². The van der Waals surface area contributed by atoms with Crippen LogP contribution >= 0.6 is 0 Å². The molecule has 0 aliphatic rings. The van der Waals surface area contributed by atoms with E-state index in [1.54, 1.807) is 31.3 Å². The van der Waals surface area contributed by atoms with Crippen molar-refractivity contribution in [2.24, 2.45) is 0 Å². The summed E-state index contributed by atoms with van der Waals surface area (Å²) < 4.78 is 11.5. The van der Waals surface area contributed by atoms with Crippen LogP contribution in [-0.2, 0) is 0 Å². The fraction of sp³-hybridized carbons (Fsp3) is 0.250. The van der Waals surface area contributed by atoms with Crippen LogP contribution in [0.25, 0.3) is 22.6 Å². The van der Waals surface area contributed by atoms with Crippen LogP contribution in [0.5, 0.6) is 5.75 Å². The van der Waals surface area contributed by atoms with E-state index in [4.69, 9.17) is 15.6 Å². The van der Waals surface area contributed by atoms with E-state index in [1.165, 1.54) is 0 Å². The molecule has 3 rings (SSSR count). The number of terminal acetylenes is 1. The van der Waals surface area contributed by atoms with E-state index in [-0.39, 0.29) is 17.7 Å². The van der Waals surface area contributed by atoms with E-state index in [2.05, 4.69) is 10.9 Å². The zero-order valence-corrected chi connectivity index (χ0v) is 16.9. The molecule has 0 radical (unpaired) electrons. The Morgan fingerprint density at radius 1 is 1.17 bits per heavy atom. The Morgan fingerprint density at radius 3 is 2.45 bits per heavy atom. The van der Waals surface area contributed by atoms with Crippen molar-refractivity contribution in [3.63, 3.8) is 0 Å². The zero-order valence-electron chi connectivity index (χ0n) is 16.9. The van der Waals surface area contributed by atoms with Gasteiger partial charge in [0.05, 0.1) is 6.42 Å². The van der Waals surface area contributed by atoms with Crippen molar-refractivity contribution in [2.45, 2.75) is 40.4 Å². The van der Waals surface area contributed by atoms with Gasteiger partial charge in [-0.2, -0.15) is 0 Å². The number of ether oxygens (including phenoxy) is 1. The molecule has 0 fully saturated rings. The number of hydrogen-bond donors (Lipinski definition) is 1. The second kappa shape index (κ2) is 8.34. The lowest BCUT2D eigenvalue weighted by Gasteiger charge is -2.20. The monoisotopic (exact) mass is 389 g/mol. The summed E-state index contributed by atoms with van der Waals surface area (Å²) in [6, 6.07) is 9.31. The highest BCUT2D eigenvalue weighted by Gasteiger charge is 2.25. The number of rotatable bonds is 5. The van der Waals surface area contributed by atoms with Crippen molar-refractivity contribution in [1.29, 1.82) is 0 Å². The molecule has 1 aromatic carbocycles. The van der Waals surface area contributed by atoms with Gasteiger partial charge in [-0.05, 0) is 56.5 Å². The molecule has 0 aliphatic carbocycles. The Hall–Kier alpha value is -3.36. The zero-order chi connectivity index (χ0) is 21.1. The lowest BCUT2D eigenvalue weighted by Crippen LogP contribution is -2.19. The quantitative estimate of drug-likeness (QED) is 0.520. The van der Waals surface area contributed by atoms with Gasteiger partial charge in [0.15, 0.2) is 5.76 Å². The van der Waals surface area contributed by atoms with Gasteiger partial charge < -0.3 is 14.3 Å². The highest BCUT2D eigenvalue weighted by molar-refractivity contribution is 5.79. The van der Waals surface area contributed by atoms with Gasteiger partial charge in [-0.3, -0.25) is 4.98 Å². The normalized spacial score (nSPS) is 11.7. The van der Waals surface area contributed by atoms with Crippen LogP contribution in [0.1, 0.15) is 28.7 Å². The molecule has 29 heavy (non-hydrogen) atoms. The molecule has 0 bridgehead atoms. The third-order valence-corrected chi connectivity index (χ3v) is 4.68. The van der Waals surface area contributed by atoms with Gasteiger partial charge in [-0.15, -0.1) is 12.3 Å². The molecule has 1 unspecified atom stereocenters. The topological polar surface area (TPSA) is 72.6 Å². The third-order valence-electron chi connectivity index (χ3n) is 4.68. The summed E-state index contributed by atoms with van der Waals surface area (Å²) in [5.41, 5.74) is 4.42. The number of aliphatic hydroxyl groups excluding tert-OH is 1. The first-order chi connectivity index (χ1) is 13.8. The summed E-state index contributed by atoms with van der Waals surface area (Å²) in [6.45, 7) is 7.62. The summed E-state index contributed by atoms with van der Waals surface area (Å²) in [4.78, 5) is 17.4. The predicted molar refractivity (Wildman–Crippen MR) is 113 cm³/mol. The summed E-state index contributed by atoms with van der Waals surface area (Å²) in [5, 5.41) is 10.2. The minimum Gasteiger partial charge on any atom is -0.463 e. The molecule has 5 nitrogen and oxygen atoms in total. The first-order valence-electron chi connectivity index (χ1n) is 9.29. The lowest BCUT2D eigenvalue weighted by molar-refractivity contribution is -0.0124. The van der Waals surface area contributed by atoms with Gasteiger partial charge >= 0.3 is 5.63 Å². The highest BCUT2D eigenvalue weighted by Crippen LogP contribution is 2.39. The number of aryl methyl sites for hydroxylation is 3. The maximum Gasteiger partial charge on any atom is 0.348 e. The molecule has 0 amide bonds. The fourth-order valence-corrected chi connectivity index (χ4v) is 3.56. The summed E-state index contributed by atoms with van der Waals surface area (Å²) >= 11 is 0. The Kier molecular flexibility index (Phi) is 5.86. The molecule has 2 heterocycles. The van der Waals surface area contributed by atoms with E-state index in [9.17, 15) is 9.90 Å². The standard InChI is InChI=1S/C24H23NO4/c1-6-9-19(26)28-23-17(5)22(18-10-7-8-11-25-18)29-24(27)21(23)20-15(3)12-14(2)13-16(20)4/h1,7-8,10-13,19,26H,9H2,2-5H3. The predicted octanol–water partition coefficient (Wildman–Crippen LogP) is 4.32.